The van der Waals surface area contributed by atoms with E-state index in [0.717, 1.165) is 57.3 Å². The predicted octanol–water partition coefficient (Wildman–Crippen LogP) is 2.57. The largest absolute Gasteiger partial charge is 0.494 e. The molecule has 0 aromatic heterocycles. The molecular weight excluding hydrogens is 288 g/mol. The van der Waals surface area contributed by atoms with Crippen LogP contribution in [0.25, 0.3) is 0 Å². The summed E-state index contributed by atoms with van der Waals surface area (Å²) in [6, 6.07) is 8.49. The summed E-state index contributed by atoms with van der Waals surface area (Å²) in [7, 11) is 0. The summed E-state index contributed by atoms with van der Waals surface area (Å²) in [6.45, 7) is 10.1. The van der Waals surface area contributed by atoms with Gasteiger partial charge in [0.25, 0.3) is 0 Å². The van der Waals surface area contributed by atoms with Crippen molar-refractivity contribution in [1.29, 1.82) is 0 Å². The van der Waals surface area contributed by atoms with E-state index in [1.54, 1.807) is 0 Å². The molecule has 1 fully saturated rings. The van der Waals surface area contributed by atoms with Crippen LogP contribution >= 0.6 is 12.4 Å². The van der Waals surface area contributed by atoms with E-state index in [1.807, 2.05) is 24.3 Å². The van der Waals surface area contributed by atoms with Crippen LogP contribution < -0.4 is 14.8 Å². The highest BCUT2D eigenvalue weighted by molar-refractivity contribution is 5.85. The van der Waals surface area contributed by atoms with Crippen LogP contribution in [-0.4, -0.2) is 50.3 Å². The van der Waals surface area contributed by atoms with E-state index in [1.165, 1.54) is 0 Å². The highest BCUT2D eigenvalue weighted by atomic mass is 35.5. The quantitative estimate of drug-likeness (QED) is 0.838. The second-order valence-corrected chi connectivity index (χ2v) is 5.26. The number of nitrogens with one attached hydrogen (secondary N) is 1. The SMILES string of the molecule is CCCOc1ccc(OCCN2CCNC[C@H]2C)cc1.Cl. The van der Waals surface area contributed by atoms with Crippen molar-refractivity contribution in [2.75, 3.05) is 39.4 Å². The molecule has 1 heterocycles. The molecule has 0 bridgehead atoms. The van der Waals surface area contributed by atoms with Gasteiger partial charge in [-0.3, -0.25) is 4.90 Å². The van der Waals surface area contributed by atoms with Gasteiger partial charge >= 0.3 is 0 Å². The highest BCUT2D eigenvalue weighted by Gasteiger charge is 2.16. The van der Waals surface area contributed by atoms with E-state index in [9.17, 15) is 0 Å². The Morgan fingerprint density at radius 2 is 1.76 bits per heavy atom. The highest BCUT2D eigenvalue weighted by Crippen LogP contribution is 2.17. The van der Waals surface area contributed by atoms with E-state index in [0.29, 0.717) is 6.04 Å². The van der Waals surface area contributed by atoms with Gasteiger partial charge in [0.05, 0.1) is 6.61 Å². The minimum absolute atomic E-state index is 0. The number of ether oxygens (including phenoxy) is 2. The molecule has 0 radical (unpaired) electrons. The molecule has 1 aliphatic heterocycles. The van der Waals surface area contributed by atoms with Gasteiger partial charge in [0.15, 0.2) is 0 Å². The van der Waals surface area contributed by atoms with E-state index in [4.69, 9.17) is 9.47 Å². The first kappa shape index (κ1) is 18.1. The predicted molar refractivity (Wildman–Crippen MR) is 88.9 cm³/mol. The van der Waals surface area contributed by atoms with Crippen LogP contribution in [0.5, 0.6) is 11.5 Å². The molecule has 0 aliphatic carbocycles. The fourth-order valence-electron chi connectivity index (χ4n) is 2.35. The Kier molecular flexibility index (Phi) is 8.50. The molecular formula is C16H27ClN2O2. The van der Waals surface area contributed by atoms with Crippen molar-refractivity contribution in [3.8, 4) is 11.5 Å². The molecule has 4 nitrogen and oxygen atoms in total. The van der Waals surface area contributed by atoms with Crippen LogP contribution in [0.15, 0.2) is 24.3 Å². The topological polar surface area (TPSA) is 33.7 Å². The lowest BCUT2D eigenvalue weighted by Crippen LogP contribution is -2.50. The first-order valence-corrected chi connectivity index (χ1v) is 7.60. The number of rotatable bonds is 7. The van der Waals surface area contributed by atoms with E-state index >= 15 is 0 Å². The lowest BCUT2D eigenvalue weighted by Gasteiger charge is -2.33. The van der Waals surface area contributed by atoms with Gasteiger partial charge in [-0.25, -0.2) is 0 Å². The standard InChI is InChI=1S/C16H26N2O2.ClH/c1-3-11-19-15-4-6-16(7-5-15)20-12-10-18-9-8-17-13-14(18)2;/h4-7,14,17H,3,8-13H2,1-2H3;1H/t14-;/m1./s1. The van der Waals surface area contributed by atoms with Gasteiger partial charge in [0.1, 0.15) is 18.1 Å². The molecule has 1 aromatic carbocycles. The van der Waals surface area contributed by atoms with Crippen molar-refractivity contribution >= 4 is 12.4 Å². The third-order valence-electron chi connectivity index (χ3n) is 3.58. The van der Waals surface area contributed by atoms with Crippen molar-refractivity contribution in [2.45, 2.75) is 26.3 Å². The van der Waals surface area contributed by atoms with Crippen LogP contribution in [0.2, 0.25) is 0 Å². The minimum Gasteiger partial charge on any atom is -0.494 e. The van der Waals surface area contributed by atoms with Crippen molar-refractivity contribution in [2.24, 2.45) is 0 Å². The van der Waals surface area contributed by atoms with Crippen molar-refractivity contribution in [3.05, 3.63) is 24.3 Å². The van der Waals surface area contributed by atoms with E-state index in [-0.39, 0.29) is 12.4 Å². The van der Waals surface area contributed by atoms with Gasteiger partial charge in [-0.05, 0) is 37.6 Å². The lowest BCUT2D eigenvalue weighted by molar-refractivity contribution is 0.143. The number of hydrogen-bond donors (Lipinski definition) is 1. The van der Waals surface area contributed by atoms with Crippen molar-refractivity contribution < 1.29 is 9.47 Å². The summed E-state index contributed by atoms with van der Waals surface area (Å²) in [5.41, 5.74) is 0. The zero-order chi connectivity index (χ0) is 14.2. The molecule has 0 amide bonds. The second kappa shape index (κ2) is 9.87. The summed E-state index contributed by atoms with van der Waals surface area (Å²) in [5.74, 6) is 1.83. The number of hydrogen-bond acceptors (Lipinski definition) is 4. The molecule has 0 saturated carbocycles. The van der Waals surface area contributed by atoms with Gasteiger partial charge in [-0.2, -0.15) is 0 Å². The Hall–Kier alpha value is -0.970. The number of piperazine rings is 1. The van der Waals surface area contributed by atoms with Crippen LogP contribution in [0.3, 0.4) is 0 Å². The minimum atomic E-state index is 0. The molecule has 21 heavy (non-hydrogen) atoms. The van der Waals surface area contributed by atoms with E-state index < -0.39 is 0 Å². The normalized spacial score (nSPS) is 18.9. The third-order valence-corrected chi connectivity index (χ3v) is 3.58. The van der Waals surface area contributed by atoms with Crippen LogP contribution in [0, 0.1) is 0 Å². The molecule has 1 aromatic rings. The van der Waals surface area contributed by atoms with Crippen molar-refractivity contribution in [3.63, 3.8) is 0 Å². The molecule has 0 unspecified atom stereocenters. The van der Waals surface area contributed by atoms with Gasteiger partial charge in [-0.15, -0.1) is 12.4 Å². The number of halogens is 1. The summed E-state index contributed by atoms with van der Waals surface area (Å²) in [4.78, 5) is 2.47. The zero-order valence-corrected chi connectivity index (χ0v) is 13.8. The molecule has 120 valence electrons. The molecule has 0 spiro atoms. The molecule has 5 heteroatoms. The van der Waals surface area contributed by atoms with E-state index in [2.05, 4.69) is 24.1 Å². The van der Waals surface area contributed by atoms with Gasteiger partial charge in [-0.1, -0.05) is 6.92 Å². The smallest absolute Gasteiger partial charge is 0.119 e. The maximum absolute atomic E-state index is 5.80. The van der Waals surface area contributed by atoms with Gasteiger partial charge in [0.2, 0.25) is 0 Å². The number of benzene rings is 1. The Balaban J connectivity index is 0.00000220. The van der Waals surface area contributed by atoms with Crippen LogP contribution in [-0.2, 0) is 0 Å². The molecule has 1 aliphatic rings. The maximum Gasteiger partial charge on any atom is 0.119 e. The first-order valence-electron chi connectivity index (χ1n) is 7.60. The Bertz CT molecular complexity index is 386. The summed E-state index contributed by atoms with van der Waals surface area (Å²) in [5, 5.41) is 3.40. The molecule has 2 rings (SSSR count). The molecule has 1 N–H and O–H groups in total. The zero-order valence-electron chi connectivity index (χ0n) is 13.0. The lowest BCUT2D eigenvalue weighted by atomic mass is 10.2. The summed E-state index contributed by atoms with van der Waals surface area (Å²) < 4.78 is 11.4. The van der Waals surface area contributed by atoms with Crippen molar-refractivity contribution in [1.82, 2.24) is 10.2 Å². The van der Waals surface area contributed by atoms with Gasteiger partial charge < -0.3 is 14.8 Å². The summed E-state index contributed by atoms with van der Waals surface area (Å²) in [6.07, 6.45) is 1.03. The number of nitrogens with zero attached hydrogens (tertiary/aromatic N) is 1. The van der Waals surface area contributed by atoms with Gasteiger partial charge in [0, 0.05) is 32.2 Å². The Morgan fingerprint density at radius 1 is 1.14 bits per heavy atom. The maximum atomic E-state index is 5.80. The average Bonchev–Trinajstić information content (AvgIpc) is 2.48. The van der Waals surface area contributed by atoms with Crippen LogP contribution in [0.1, 0.15) is 20.3 Å². The first-order chi connectivity index (χ1) is 9.79. The Labute approximate surface area is 134 Å². The average molecular weight is 315 g/mol. The second-order valence-electron chi connectivity index (χ2n) is 5.26. The fourth-order valence-corrected chi connectivity index (χ4v) is 2.35. The summed E-state index contributed by atoms with van der Waals surface area (Å²) >= 11 is 0. The molecule has 1 saturated heterocycles. The monoisotopic (exact) mass is 314 g/mol. The van der Waals surface area contributed by atoms with Crippen LogP contribution in [0.4, 0.5) is 0 Å². The fraction of sp³-hybridized carbons (Fsp3) is 0.625. The Morgan fingerprint density at radius 3 is 2.33 bits per heavy atom. The molecule has 1 atom stereocenters. The third kappa shape index (κ3) is 6.12.